The SMILES string of the molecule is C[C@@H](NC(=O)CN1CCSC1=O)c1cccc(C(F)(F)F)c1. The quantitative estimate of drug-likeness (QED) is 0.922. The van der Waals surface area contributed by atoms with Crippen LogP contribution in [0.5, 0.6) is 0 Å². The van der Waals surface area contributed by atoms with Crippen molar-refractivity contribution < 1.29 is 22.8 Å². The van der Waals surface area contributed by atoms with Gasteiger partial charge < -0.3 is 10.2 Å². The fraction of sp³-hybridized carbons (Fsp3) is 0.429. The zero-order chi connectivity index (χ0) is 16.3. The molecule has 8 heteroatoms. The third-order valence-corrected chi connectivity index (χ3v) is 4.16. The number of nitrogens with one attached hydrogen (secondary N) is 1. The molecule has 0 aliphatic carbocycles. The van der Waals surface area contributed by atoms with Crippen LogP contribution in [0.15, 0.2) is 24.3 Å². The standard InChI is InChI=1S/C14H15F3N2O2S/c1-9(10-3-2-4-11(7-10)14(15,16)17)18-12(20)8-19-5-6-22-13(19)21/h2-4,7,9H,5-6,8H2,1H3,(H,18,20)/t9-/m1/s1. The van der Waals surface area contributed by atoms with Crippen LogP contribution in [0.25, 0.3) is 0 Å². The van der Waals surface area contributed by atoms with Gasteiger partial charge in [0.2, 0.25) is 5.91 Å². The fourth-order valence-electron chi connectivity index (χ4n) is 2.10. The molecule has 1 aliphatic rings. The average molecular weight is 332 g/mol. The van der Waals surface area contributed by atoms with E-state index >= 15 is 0 Å². The van der Waals surface area contributed by atoms with Crippen molar-refractivity contribution in [3.63, 3.8) is 0 Å². The Labute approximate surface area is 130 Å². The maximum Gasteiger partial charge on any atom is 0.416 e. The Balaban J connectivity index is 1.98. The molecule has 0 unspecified atom stereocenters. The summed E-state index contributed by atoms with van der Waals surface area (Å²) in [5.74, 6) is 0.260. The summed E-state index contributed by atoms with van der Waals surface area (Å²) < 4.78 is 38.0. The highest BCUT2D eigenvalue weighted by Crippen LogP contribution is 2.30. The number of rotatable bonds is 4. The maximum atomic E-state index is 12.7. The van der Waals surface area contributed by atoms with Gasteiger partial charge in [-0.3, -0.25) is 9.59 Å². The molecule has 1 aliphatic heterocycles. The van der Waals surface area contributed by atoms with Gasteiger partial charge >= 0.3 is 6.18 Å². The Morgan fingerprint density at radius 2 is 2.18 bits per heavy atom. The molecule has 0 spiro atoms. The van der Waals surface area contributed by atoms with E-state index in [1.165, 1.54) is 17.0 Å². The van der Waals surface area contributed by atoms with Crippen LogP contribution in [-0.2, 0) is 11.0 Å². The van der Waals surface area contributed by atoms with Crippen molar-refractivity contribution >= 4 is 22.9 Å². The first kappa shape index (κ1) is 16.7. The molecule has 1 heterocycles. The molecule has 1 fully saturated rings. The molecule has 0 aromatic heterocycles. The summed E-state index contributed by atoms with van der Waals surface area (Å²) in [6, 6.07) is 4.26. The summed E-state index contributed by atoms with van der Waals surface area (Å²) in [6.07, 6.45) is -4.42. The second kappa shape index (κ2) is 6.60. The number of thioether (sulfide) groups is 1. The van der Waals surface area contributed by atoms with Gasteiger partial charge in [-0.2, -0.15) is 13.2 Å². The topological polar surface area (TPSA) is 49.4 Å². The Morgan fingerprint density at radius 1 is 1.45 bits per heavy atom. The minimum Gasteiger partial charge on any atom is -0.348 e. The number of hydrogen-bond acceptors (Lipinski definition) is 3. The second-order valence-electron chi connectivity index (χ2n) is 4.95. The predicted molar refractivity (Wildman–Crippen MR) is 77.4 cm³/mol. The number of halogens is 3. The number of benzene rings is 1. The van der Waals surface area contributed by atoms with Crippen molar-refractivity contribution in [2.24, 2.45) is 0 Å². The summed E-state index contributed by atoms with van der Waals surface area (Å²) in [7, 11) is 0. The Kier molecular flexibility index (Phi) is 5.00. The fourth-order valence-corrected chi connectivity index (χ4v) is 2.92. The van der Waals surface area contributed by atoms with Crippen molar-refractivity contribution in [3.05, 3.63) is 35.4 Å². The van der Waals surface area contributed by atoms with Crippen molar-refractivity contribution in [1.29, 1.82) is 0 Å². The van der Waals surface area contributed by atoms with E-state index in [2.05, 4.69) is 5.32 Å². The molecule has 0 bridgehead atoms. The van der Waals surface area contributed by atoms with Crippen molar-refractivity contribution in [2.75, 3.05) is 18.8 Å². The Bertz CT molecular complexity index is 577. The smallest absolute Gasteiger partial charge is 0.348 e. The zero-order valence-electron chi connectivity index (χ0n) is 11.8. The largest absolute Gasteiger partial charge is 0.416 e. The lowest BCUT2D eigenvalue weighted by atomic mass is 10.0. The van der Waals surface area contributed by atoms with Gasteiger partial charge in [0.1, 0.15) is 6.54 Å². The van der Waals surface area contributed by atoms with Crippen LogP contribution >= 0.6 is 11.8 Å². The molecule has 1 aromatic rings. The lowest BCUT2D eigenvalue weighted by Gasteiger charge is -2.19. The zero-order valence-corrected chi connectivity index (χ0v) is 12.6. The lowest BCUT2D eigenvalue weighted by molar-refractivity contribution is -0.137. The van der Waals surface area contributed by atoms with Gasteiger partial charge in [-0.1, -0.05) is 23.9 Å². The van der Waals surface area contributed by atoms with Gasteiger partial charge in [-0.15, -0.1) is 0 Å². The van der Waals surface area contributed by atoms with Crippen LogP contribution in [0.3, 0.4) is 0 Å². The average Bonchev–Trinajstić information content (AvgIpc) is 2.83. The van der Waals surface area contributed by atoms with E-state index in [0.29, 0.717) is 17.9 Å². The van der Waals surface area contributed by atoms with Crippen LogP contribution in [-0.4, -0.2) is 34.9 Å². The number of amides is 2. The molecule has 1 atom stereocenters. The van der Waals surface area contributed by atoms with Gasteiger partial charge in [0, 0.05) is 12.3 Å². The molecule has 2 rings (SSSR count). The molecule has 1 N–H and O–H groups in total. The predicted octanol–water partition coefficient (Wildman–Crippen LogP) is 3.05. The molecule has 0 radical (unpaired) electrons. The number of carbonyl (C=O) groups excluding carboxylic acids is 2. The highest BCUT2D eigenvalue weighted by molar-refractivity contribution is 8.13. The first-order valence-electron chi connectivity index (χ1n) is 6.65. The van der Waals surface area contributed by atoms with Crippen LogP contribution in [0, 0.1) is 0 Å². The van der Waals surface area contributed by atoms with Crippen LogP contribution in [0.1, 0.15) is 24.1 Å². The van der Waals surface area contributed by atoms with Crippen molar-refractivity contribution in [3.8, 4) is 0 Å². The van der Waals surface area contributed by atoms with E-state index in [1.54, 1.807) is 6.92 Å². The van der Waals surface area contributed by atoms with Crippen LogP contribution in [0.4, 0.5) is 18.0 Å². The van der Waals surface area contributed by atoms with Gasteiger partial charge in [0.15, 0.2) is 0 Å². The maximum absolute atomic E-state index is 12.7. The van der Waals surface area contributed by atoms with Gasteiger partial charge in [-0.05, 0) is 24.6 Å². The first-order chi connectivity index (χ1) is 10.3. The van der Waals surface area contributed by atoms with Crippen molar-refractivity contribution in [2.45, 2.75) is 19.1 Å². The molecular formula is C14H15F3N2O2S. The summed E-state index contributed by atoms with van der Waals surface area (Å²) in [6.45, 7) is 2.04. The first-order valence-corrected chi connectivity index (χ1v) is 7.64. The minimum atomic E-state index is -4.42. The summed E-state index contributed by atoms with van der Waals surface area (Å²) >= 11 is 1.15. The second-order valence-corrected chi connectivity index (χ2v) is 5.99. The van der Waals surface area contributed by atoms with Gasteiger partial charge in [0.05, 0.1) is 11.6 Å². The number of carbonyl (C=O) groups is 2. The van der Waals surface area contributed by atoms with Crippen LogP contribution < -0.4 is 5.32 Å². The van der Waals surface area contributed by atoms with E-state index in [9.17, 15) is 22.8 Å². The van der Waals surface area contributed by atoms with E-state index in [4.69, 9.17) is 0 Å². The summed E-state index contributed by atoms with van der Waals surface area (Å²) in [4.78, 5) is 24.7. The number of nitrogens with zero attached hydrogens (tertiary/aromatic N) is 1. The van der Waals surface area contributed by atoms with E-state index in [1.807, 2.05) is 0 Å². The van der Waals surface area contributed by atoms with E-state index in [-0.39, 0.29) is 17.7 Å². The normalized spacial score (nSPS) is 16.7. The highest BCUT2D eigenvalue weighted by Gasteiger charge is 2.31. The molecule has 22 heavy (non-hydrogen) atoms. The summed E-state index contributed by atoms with van der Waals surface area (Å²) in [5.41, 5.74) is -0.387. The molecule has 1 aromatic carbocycles. The van der Waals surface area contributed by atoms with Crippen LogP contribution in [0.2, 0.25) is 0 Å². The molecule has 120 valence electrons. The lowest BCUT2D eigenvalue weighted by Crippen LogP contribution is -2.38. The third-order valence-electron chi connectivity index (χ3n) is 3.27. The monoisotopic (exact) mass is 332 g/mol. The number of hydrogen-bond donors (Lipinski definition) is 1. The van der Waals surface area contributed by atoms with E-state index < -0.39 is 17.8 Å². The molecule has 4 nitrogen and oxygen atoms in total. The minimum absolute atomic E-state index is 0.0743. The highest BCUT2D eigenvalue weighted by atomic mass is 32.2. The van der Waals surface area contributed by atoms with Gasteiger partial charge in [0.25, 0.3) is 5.24 Å². The van der Waals surface area contributed by atoms with Crippen molar-refractivity contribution in [1.82, 2.24) is 10.2 Å². The Hall–Kier alpha value is -1.70. The van der Waals surface area contributed by atoms with E-state index in [0.717, 1.165) is 23.9 Å². The third kappa shape index (κ3) is 4.16. The molecular weight excluding hydrogens is 317 g/mol. The molecule has 1 saturated heterocycles. The molecule has 0 saturated carbocycles. The van der Waals surface area contributed by atoms with Gasteiger partial charge in [-0.25, -0.2) is 0 Å². The Morgan fingerprint density at radius 3 is 2.77 bits per heavy atom. The number of alkyl halides is 3. The molecule has 2 amide bonds. The summed E-state index contributed by atoms with van der Waals surface area (Å²) in [5, 5.41) is 2.46.